The maximum atomic E-state index is 12.0. The molecule has 0 aliphatic carbocycles. The predicted octanol–water partition coefficient (Wildman–Crippen LogP) is 6.24. The average Bonchev–Trinajstić information content (AvgIpc) is 2.63. The van der Waals surface area contributed by atoms with E-state index in [9.17, 15) is 4.79 Å². The third-order valence-electron chi connectivity index (χ3n) is 5.47. The first kappa shape index (κ1) is 26.2. The number of unbranched alkanes of at least 4 members (excludes halogenated alkanes) is 12. The van der Waals surface area contributed by atoms with Gasteiger partial charge in [-0.2, -0.15) is 0 Å². The molecule has 3 heteroatoms. The van der Waals surface area contributed by atoms with E-state index in [1.807, 2.05) is 6.08 Å². The number of nitrogens with zero attached hydrogens (tertiary/aromatic N) is 1. The number of allylic oxidation sites excluding steroid dienone is 1. The van der Waals surface area contributed by atoms with Gasteiger partial charge >= 0.3 is 0 Å². The van der Waals surface area contributed by atoms with Gasteiger partial charge in [-0.15, -0.1) is 6.58 Å². The summed E-state index contributed by atoms with van der Waals surface area (Å²) in [5, 5.41) is 3.12. The van der Waals surface area contributed by atoms with Crippen LogP contribution in [0.25, 0.3) is 0 Å². The van der Waals surface area contributed by atoms with Crippen LogP contribution in [0.5, 0.6) is 0 Å². The zero-order chi connectivity index (χ0) is 20.2. The molecule has 0 aliphatic rings. The van der Waals surface area contributed by atoms with Crippen LogP contribution in [-0.2, 0) is 4.79 Å². The molecule has 0 unspecified atom stereocenters. The van der Waals surface area contributed by atoms with Crippen LogP contribution in [0.2, 0.25) is 0 Å². The molecular weight excluding hydrogens is 332 g/mol. The first-order chi connectivity index (χ1) is 13.0. The SMILES string of the molecule is C=CCCCCCCCCC(=O)NCC[N+](C)(C)CCCCCCCCC. The van der Waals surface area contributed by atoms with Crippen LogP contribution in [0, 0.1) is 0 Å². The third-order valence-corrected chi connectivity index (χ3v) is 5.47. The molecule has 0 aromatic rings. The fraction of sp³-hybridized carbons (Fsp3) is 0.875. The van der Waals surface area contributed by atoms with Crippen LogP contribution in [0.3, 0.4) is 0 Å². The molecule has 1 amide bonds. The first-order valence-corrected chi connectivity index (χ1v) is 11.7. The number of amides is 1. The fourth-order valence-electron chi connectivity index (χ4n) is 3.48. The molecule has 0 saturated carbocycles. The molecule has 0 heterocycles. The van der Waals surface area contributed by atoms with Crippen LogP contribution < -0.4 is 5.32 Å². The number of hydrogen-bond donors (Lipinski definition) is 1. The highest BCUT2D eigenvalue weighted by Crippen LogP contribution is 2.10. The molecule has 0 saturated heterocycles. The molecule has 0 aromatic heterocycles. The number of carbonyl (C=O) groups excluding carboxylic acids is 1. The summed E-state index contributed by atoms with van der Waals surface area (Å²) in [6.45, 7) is 9.08. The summed E-state index contributed by atoms with van der Waals surface area (Å²) in [6.07, 6.45) is 20.7. The Morgan fingerprint density at radius 2 is 1.37 bits per heavy atom. The summed E-state index contributed by atoms with van der Waals surface area (Å²) in [6, 6.07) is 0. The molecule has 0 aromatic carbocycles. The van der Waals surface area contributed by atoms with E-state index in [0.29, 0.717) is 6.42 Å². The molecule has 3 nitrogen and oxygen atoms in total. The first-order valence-electron chi connectivity index (χ1n) is 11.7. The predicted molar refractivity (Wildman–Crippen MR) is 120 cm³/mol. The van der Waals surface area contributed by atoms with Crippen LogP contribution in [-0.4, -0.2) is 44.1 Å². The monoisotopic (exact) mass is 381 g/mol. The van der Waals surface area contributed by atoms with E-state index in [1.54, 1.807) is 0 Å². The second kappa shape index (κ2) is 18.5. The largest absolute Gasteiger partial charge is 0.350 e. The Hall–Kier alpha value is -0.830. The molecule has 0 fully saturated rings. The lowest BCUT2D eigenvalue weighted by Crippen LogP contribution is -2.45. The van der Waals surface area contributed by atoms with E-state index in [-0.39, 0.29) is 5.91 Å². The lowest BCUT2D eigenvalue weighted by Gasteiger charge is -2.30. The summed E-state index contributed by atoms with van der Waals surface area (Å²) in [4.78, 5) is 12.0. The molecule has 0 bridgehead atoms. The standard InChI is InChI=1S/C24H48N2O/c1-5-7-9-11-13-14-16-18-20-24(27)25-21-23-26(3,4)22-19-17-15-12-10-8-6-2/h5H,1,6-23H2,2-4H3/p+1. The van der Waals surface area contributed by atoms with Gasteiger partial charge in [0.05, 0.1) is 33.7 Å². The van der Waals surface area contributed by atoms with Crippen molar-refractivity contribution in [3.63, 3.8) is 0 Å². The summed E-state index contributed by atoms with van der Waals surface area (Å²) in [5.41, 5.74) is 0. The van der Waals surface area contributed by atoms with Crippen LogP contribution in [0.4, 0.5) is 0 Å². The number of quaternary nitrogens is 1. The van der Waals surface area contributed by atoms with Crippen molar-refractivity contribution in [2.45, 2.75) is 103 Å². The number of carbonyl (C=O) groups is 1. The van der Waals surface area contributed by atoms with Crippen molar-refractivity contribution in [1.29, 1.82) is 0 Å². The zero-order valence-corrected chi connectivity index (χ0v) is 18.9. The molecule has 1 N–H and O–H groups in total. The van der Waals surface area contributed by atoms with E-state index >= 15 is 0 Å². The van der Waals surface area contributed by atoms with Crippen molar-refractivity contribution in [3.8, 4) is 0 Å². The second-order valence-electron chi connectivity index (χ2n) is 8.80. The summed E-state index contributed by atoms with van der Waals surface area (Å²) in [7, 11) is 4.57. The van der Waals surface area contributed by atoms with Gasteiger partial charge in [0.15, 0.2) is 0 Å². The Kier molecular flexibility index (Phi) is 18.0. The van der Waals surface area contributed by atoms with Crippen molar-refractivity contribution in [3.05, 3.63) is 12.7 Å². The van der Waals surface area contributed by atoms with Crippen LogP contribution in [0.1, 0.15) is 103 Å². The Balaban J connectivity index is 3.50. The third kappa shape index (κ3) is 19.7. The van der Waals surface area contributed by atoms with Gasteiger partial charge in [0.1, 0.15) is 0 Å². The van der Waals surface area contributed by atoms with Crippen molar-refractivity contribution in [1.82, 2.24) is 5.32 Å². The van der Waals surface area contributed by atoms with Gasteiger partial charge in [-0.05, 0) is 32.1 Å². The lowest BCUT2D eigenvalue weighted by atomic mass is 10.1. The van der Waals surface area contributed by atoms with Gasteiger partial charge in [0.2, 0.25) is 5.91 Å². The van der Waals surface area contributed by atoms with E-state index < -0.39 is 0 Å². The highest BCUT2D eigenvalue weighted by Gasteiger charge is 2.14. The fourth-order valence-corrected chi connectivity index (χ4v) is 3.48. The van der Waals surface area contributed by atoms with Gasteiger partial charge < -0.3 is 9.80 Å². The lowest BCUT2D eigenvalue weighted by molar-refractivity contribution is -0.889. The average molecular weight is 382 g/mol. The van der Waals surface area contributed by atoms with Crippen molar-refractivity contribution in [2.75, 3.05) is 33.7 Å². The molecular formula is C24H49N2O+. The van der Waals surface area contributed by atoms with Crippen molar-refractivity contribution >= 4 is 5.91 Å². The van der Waals surface area contributed by atoms with E-state index in [1.165, 1.54) is 83.6 Å². The Morgan fingerprint density at radius 1 is 0.815 bits per heavy atom. The molecule has 0 atom stereocenters. The topological polar surface area (TPSA) is 29.1 Å². The highest BCUT2D eigenvalue weighted by molar-refractivity contribution is 5.75. The number of nitrogens with one attached hydrogen (secondary N) is 1. The minimum absolute atomic E-state index is 0.234. The maximum absolute atomic E-state index is 12.0. The molecule has 0 aliphatic heterocycles. The van der Waals surface area contributed by atoms with Gasteiger partial charge in [-0.1, -0.05) is 70.8 Å². The minimum Gasteiger partial charge on any atom is -0.350 e. The van der Waals surface area contributed by atoms with Crippen LogP contribution >= 0.6 is 0 Å². The smallest absolute Gasteiger partial charge is 0.220 e. The quantitative estimate of drug-likeness (QED) is 0.151. The molecule has 0 spiro atoms. The number of hydrogen-bond acceptors (Lipinski definition) is 1. The van der Waals surface area contributed by atoms with E-state index in [0.717, 1.165) is 30.4 Å². The summed E-state index contributed by atoms with van der Waals surface area (Å²) < 4.78 is 1.01. The summed E-state index contributed by atoms with van der Waals surface area (Å²) in [5.74, 6) is 0.234. The normalized spacial score (nSPS) is 11.5. The van der Waals surface area contributed by atoms with Gasteiger partial charge in [-0.3, -0.25) is 4.79 Å². The molecule has 27 heavy (non-hydrogen) atoms. The number of likely N-dealkylation sites (N-methyl/N-ethyl adjacent to an activating group) is 1. The molecule has 0 rings (SSSR count). The Bertz CT molecular complexity index is 352. The Labute approximate surface area is 170 Å². The summed E-state index contributed by atoms with van der Waals surface area (Å²) >= 11 is 0. The molecule has 0 radical (unpaired) electrons. The Morgan fingerprint density at radius 3 is 2.00 bits per heavy atom. The highest BCUT2D eigenvalue weighted by atomic mass is 16.1. The van der Waals surface area contributed by atoms with E-state index in [4.69, 9.17) is 0 Å². The zero-order valence-electron chi connectivity index (χ0n) is 18.9. The van der Waals surface area contributed by atoms with Gasteiger partial charge in [0.25, 0.3) is 0 Å². The maximum Gasteiger partial charge on any atom is 0.220 e. The number of rotatable bonds is 20. The van der Waals surface area contributed by atoms with Gasteiger partial charge in [0, 0.05) is 6.42 Å². The van der Waals surface area contributed by atoms with Gasteiger partial charge in [-0.25, -0.2) is 0 Å². The second-order valence-corrected chi connectivity index (χ2v) is 8.80. The van der Waals surface area contributed by atoms with Crippen molar-refractivity contribution in [2.24, 2.45) is 0 Å². The van der Waals surface area contributed by atoms with Crippen LogP contribution in [0.15, 0.2) is 12.7 Å². The molecule has 160 valence electrons. The van der Waals surface area contributed by atoms with E-state index in [2.05, 4.69) is 32.9 Å². The van der Waals surface area contributed by atoms with Crippen molar-refractivity contribution < 1.29 is 9.28 Å². The minimum atomic E-state index is 0.234.